The van der Waals surface area contributed by atoms with Gasteiger partial charge in [0.25, 0.3) is 0 Å². The van der Waals surface area contributed by atoms with E-state index in [1.165, 1.54) is 0 Å². The number of ether oxygens (including phenoxy) is 1. The highest BCUT2D eigenvalue weighted by molar-refractivity contribution is 9.10. The molecule has 0 radical (unpaired) electrons. The first kappa shape index (κ1) is 9.18. The first-order valence-electron chi connectivity index (χ1n) is 4.26. The fourth-order valence-electron chi connectivity index (χ4n) is 1.34. The lowest BCUT2D eigenvalue weighted by atomic mass is 10.3. The van der Waals surface area contributed by atoms with Gasteiger partial charge in [-0.3, -0.25) is 4.90 Å². The summed E-state index contributed by atoms with van der Waals surface area (Å²) in [6, 6.07) is 1.90. The van der Waals surface area contributed by atoms with Crippen LogP contribution in [0.3, 0.4) is 0 Å². The zero-order valence-electron chi connectivity index (χ0n) is 7.20. The van der Waals surface area contributed by atoms with Crippen molar-refractivity contribution < 1.29 is 9.26 Å². The summed E-state index contributed by atoms with van der Waals surface area (Å²) in [5.41, 5.74) is 0. The van der Waals surface area contributed by atoms with E-state index in [0.29, 0.717) is 0 Å². The van der Waals surface area contributed by atoms with Crippen molar-refractivity contribution in [3.63, 3.8) is 0 Å². The second-order valence-corrected chi connectivity index (χ2v) is 3.82. The van der Waals surface area contributed by atoms with Gasteiger partial charge >= 0.3 is 0 Å². The van der Waals surface area contributed by atoms with Crippen molar-refractivity contribution in [3.05, 3.63) is 16.4 Å². The van der Waals surface area contributed by atoms with Crippen LogP contribution in [-0.2, 0) is 11.3 Å². The molecule has 4 nitrogen and oxygen atoms in total. The molecule has 13 heavy (non-hydrogen) atoms. The zero-order chi connectivity index (χ0) is 9.10. The minimum absolute atomic E-state index is 0.760. The minimum Gasteiger partial charge on any atom is -0.379 e. The highest BCUT2D eigenvalue weighted by atomic mass is 79.9. The van der Waals surface area contributed by atoms with Crippen LogP contribution in [0.5, 0.6) is 0 Å². The van der Waals surface area contributed by atoms with Crippen LogP contribution in [0.1, 0.15) is 5.76 Å². The average Bonchev–Trinajstić information content (AvgIpc) is 2.53. The Hall–Kier alpha value is -0.390. The molecular weight excluding hydrogens is 236 g/mol. The average molecular weight is 247 g/mol. The quantitative estimate of drug-likeness (QED) is 0.788. The van der Waals surface area contributed by atoms with E-state index >= 15 is 0 Å². The SMILES string of the molecule is Brc1cc(CN2CCOCC2)on1. The third-order valence-electron chi connectivity index (χ3n) is 2.01. The molecule has 0 unspecified atom stereocenters. The third-order valence-corrected chi connectivity index (χ3v) is 2.39. The second kappa shape index (κ2) is 4.21. The number of halogens is 1. The normalized spacial score (nSPS) is 19.2. The van der Waals surface area contributed by atoms with E-state index in [0.717, 1.165) is 43.2 Å². The van der Waals surface area contributed by atoms with Crippen LogP contribution in [0.2, 0.25) is 0 Å². The van der Waals surface area contributed by atoms with Gasteiger partial charge in [-0.15, -0.1) is 0 Å². The summed E-state index contributed by atoms with van der Waals surface area (Å²) in [6.45, 7) is 4.39. The lowest BCUT2D eigenvalue weighted by Gasteiger charge is -2.25. The molecule has 2 rings (SSSR count). The van der Waals surface area contributed by atoms with Gasteiger partial charge in [-0.1, -0.05) is 5.16 Å². The van der Waals surface area contributed by atoms with Crippen LogP contribution in [0.4, 0.5) is 0 Å². The zero-order valence-corrected chi connectivity index (χ0v) is 8.79. The van der Waals surface area contributed by atoms with Crippen molar-refractivity contribution >= 4 is 15.9 Å². The van der Waals surface area contributed by atoms with Gasteiger partial charge in [0.15, 0.2) is 5.76 Å². The molecule has 0 spiro atoms. The Kier molecular flexibility index (Phi) is 2.97. The molecule has 1 aliphatic heterocycles. The molecule has 0 bridgehead atoms. The largest absolute Gasteiger partial charge is 0.379 e. The van der Waals surface area contributed by atoms with Gasteiger partial charge in [-0.05, 0) is 15.9 Å². The van der Waals surface area contributed by atoms with Gasteiger partial charge in [0.2, 0.25) is 0 Å². The third kappa shape index (κ3) is 2.52. The van der Waals surface area contributed by atoms with Crippen LogP contribution >= 0.6 is 15.9 Å². The number of nitrogens with zero attached hydrogens (tertiary/aromatic N) is 2. The Balaban J connectivity index is 1.89. The Morgan fingerprint density at radius 3 is 2.85 bits per heavy atom. The van der Waals surface area contributed by atoms with Crippen molar-refractivity contribution in [2.24, 2.45) is 0 Å². The summed E-state index contributed by atoms with van der Waals surface area (Å²) in [4.78, 5) is 2.29. The lowest BCUT2D eigenvalue weighted by Crippen LogP contribution is -2.35. The Bertz CT molecular complexity index is 271. The first-order chi connectivity index (χ1) is 6.34. The number of rotatable bonds is 2. The molecule has 1 fully saturated rings. The van der Waals surface area contributed by atoms with Gasteiger partial charge in [-0.25, -0.2) is 0 Å². The first-order valence-corrected chi connectivity index (χ1v) is 5.05. The summed E-state index contributed by atoms with van der Waals surface area (Å²) in [7, 11) is 0. The van der Waals surface area contributed by atoms with Crippen LogP contribution in [0, 0.1) is 0 Å². The van der Waals surface area contributed by atoms with Crippen molar-refractivity contribution in [2.75, 3.05) is 26.3 Å². The Morgan fingerprint density at radius 2 is 2.23 bits per heavy atom. The van der Waals surface area contributed by atoms with Gasteiger partial charge in [-0.2, -0.15) is 0 Å². The highest BCUT2D eigenvalue weighted by Gasteiger charge is 2.12. The summed E-state index contributed by atoms with van der Waals surface area (Å²) < 4.78 is 11.1. The van der Waals surface area contributed by atoms with Crippen LogP contribution < -0.4 is 0 Å². The summed E-state index contributed by atoms with van der Waals surface area (Å²) in [6.07, 6.45) is 0. The molecule has 1 aromatic rings. The van der Waals surface area contributed by atoms with Crippen molar-refractivity contribution in [1.29, 1.82) is 0 Å². The van der Waals surface area contributed by atoms with E-state index in [1.54, 1.807) is 0 Å². The molecule has 2 heterocycles. The molecule has 72 valence electrons. The van der Waals surface area contributed by atoms with Crippen LogP contribution in [-0.4, -0.2) is 36.4 Å². The maximum Gasteiger partial charge on any atom is 0.151 e. The van der Waals surface area contributed by atoms with E-state index in [9.17, 15) is 0 Å². The van der Waals surface area contributed by atoms with Gasteiger partial charge in [0, 0.05) is 19.2 Å². The van der Waals surface area contributed by atoms with Crippen LogP contribution in [0.15, 0.2) is 15.2 Å². The van der Waals surface area contributed by atoms with E-state index < -0.39 is 0 Å². The second-order valence-electron chi connectivity index (χ2n) is 3.00. The Morgan fingerprint density at radius 1 is 1.46 bits per heavy atom. The highest BCUT2D eigenvalue weighted by Crippen LogP contribution is 2.12. The molecule has 0 amide bonds. The van der Waals surface area contributed by atoms with Crippen LogP contribution in [0.25, 0.3) is 0 Å². The topological polar surface area (TPSA) is 38.5 Å². The monoisotopic (exact) mass is 246 g/mol. The minimum atomic E-state index is 0.760. The van der Waals surface area contributed by atoms with Crippen molar-refractivity contribution in [2.45, 2.75) is 6.54 Å². The smallest absolute Gasteiger partial charge is 0.151 e. The molecule has 0 saturated carbocycles. The molecule has 0 atom stereocenters. The predicted octanol–water partition coefficient (Wildman–Crippen LogP) is 1.27. The summed E-state index contributed by atoms with van der Waals surface area (Å²) in [5, 5.41) is 3.77. The van der Waals surface area contributed by atoms with Gasteiger partial charge < -0.3 is 9.26 Å². The standard InChI is InChI=1S/C8H11BrN2O2/c9-8-5-7(13-10-8)6-11-1-3-12-4-2-11/h5H,1-4,6H2. The molecule has 0 aliphatic carbocycles. The molecule has 1 aliphatic rings. The number of morpholine rings is 1. The molecule has 5 heteroatoms. The van der Waals surface area contributed by atoms with E-state index in [2.05, 4.69) is 26.0 Å². The lowest BCUT2D eigenvalue weighted by molar-refractivity contribution is 0.0305. The Labute approximate surface area is 85.0 Å². The van der Waals surface area contributed by atoms with E-state index in [4.69, 9.17) is 9.26 Å². The fraction of sp³-hybridized carbons (Fsp3) is 0.625. The fourth-order valence-corrected chi connectivity index (χ4v) is 1.67. The predicted molar refractivity (Wildman–Crippen MR) is 50.3 cm³/mol. The number of aromatic nitrogens is 1. The molecule has 1 saturated heterocycles. The molecular formula is C8H11BrN2O2. The van der Waals surface area contributed by atoms with E-state index in [1.807, 2.05) is 6.07 Å². The molecule has 0 aromatic carbocycles. The summed E-state index contributed by atoms with van der Waals surface area (Å²) in [5.74, 6) is 0.897. The number of hydrogen-bond donors (Lipinski definition) is 0. The number of hydrogen-bond acceptors (Lipinski definition) is 4. The molecule has 1 aromatic heterocycles. The van der Waals surface area contributed by atoms with E-state index in [-0.39, 0.29) is 0 Å². The maximum atomic E-state index is 5.25. The van der Waals surface area contributed by atoms with Gasteiger partial charge in [0.05, 0.1) is 19.8 Å². The van der Waals surface area contributed by atoms with Crippen molar-refractivity contribution in [1.82, 2.24) is 10.1 Å². The van der Waals surface area contributed by atoms with Gasteiger partial charge in [0.1, 0.15) is 4.60 Å². The molecule has 0 N–H and O–H groups in total. The summed E-state index contributed by atoms with van der Waals surface area (Å²) >= 11 is 3.25. The maximum absolute atomic E-state index is 5.25. The van der Waals surface area contributed by atoms with Crippen molar-refractivity contribution in [3.8, 4) is 0 Å².